The van der Waals surface area contributed by atoms with Crippen LogP contribution in [0.25, 0.3) is 10.8 Å². The van der Waals surface area contributed by atoms with E-state index in [0.717, 1.165) is 28.6 Å². The molecule has 0 saturated heterocycles. The highest BCUT2D eigenvalue weighted by atomic mass is 16.2. The molecule has 0 unspecified atom stereocenters. The number of amides is 1. The molecule has 2 heterocycles. The third-order valence-electron chi connectivity index (χ3n) is 4.98. The number of aromatic nitrogens is 3. The number of aryl methyl sites for hydroxylation is 1. The summed E-state index contributed by atoms with van der Waals surface area (Å²) in [6.07, 6.45) is 4.88. The second-order valence-electron chi connectivity index (χ2n) is 7.09. The molecule has 0 saturated carbocycles. The molecule has 0 bridgehead atoms. The van der Waals surface area contributed by atoms with Gasteiger partial charge in [-0.25, -0.2) is 4.68 Å². The highest BCUT2D eigenvalue weighted by Crippen LogP contribution is 2.17. The topological polar surface area (TPSA) is 76.9 Å². The number of carbonyl (C=O) groups excluding carboxylic acids is 1. The summed E-state index contributed by atoms with van der Waals surface area (Å²) in [6.45, 7) is 1.91. The van der Waals surface area contributed by atoms with Gasteiger partial charge in [-0.15, -0.1) is 0 Å². The zero-order valence-corrected chi connectivity index (χ0v) is 16.7. The highest BCUT2D eigenvalue weighted by molar-refractivity contribution is 5.91. The Labute approximate surface area is 174 Å². The normalized spacial score (nSPS) is 10.8. The van der Waals surface area contributed by atoms with Crippen molar-refractivity contribution in [2.45, 2.75) is 26.3 Å². The van der Waals surface area contributed by atoms with E-state index in [1.165, 1.54) is 4.68 Å². The van der Waals surface area contributed by atoms with Crippen molar-refractivity contribution in [1.29, 1.82) is 0 Å². The summed E-state index contributed by atoms with van der Waals surface area (Å²) in [5.74, 6) is -0.289. The third kappa shape index (κ3) is 4.27. The number of benzene rings is 2. The van der Waals surface area contributed by atoms with Crippen molar-refractivity contribution in [1.82, 2.24) is 14.8 Å². The molecule has 0 atom stereocenters. The van der Waals surface area contributed by atoms with Gasteiger partial charge >= 0.3 is 0 Å². The quantitative estimate of drug-likeness (QED) is 0.539. The van der Waals surface area contributed by atoms with Crippen LogP contribution < -0.4 is 10.9 Å². The number of rotatable bonds is 6. The number of fused-ring (bicyclic) bond motifs is 1. The summed E-state index contributed by atoms with van der Waals surface area (Å²) < 4.78 is 1.25. The van der Waals surface area contributed by atoms with E-state index in [1.54, 1.807) is 18.5 Å². The number of hydrogen-bond donors (Lipinski definition) is 1. The molecule has 6 nitrogen and oxygen atoms in total. The van der Waals surface area contributed by atoms with Crippen LogP contribution in [0.2, 0.25) is 0 Å². The van der Waals surface area contributed by atoms with Crippen molar-refractivity contribution in [2.24, 2.45) is 0 Å². The van der Waals surface area contributed by atoms with E-state index < -0.39 is 0 Å². The van der Waals surface area contributed by atoms with Crippen molar-refractivity contribution in [3.05, 3.63) is 100 Å². The second kappa shape index (κ2) is 8.69. The van der Waals surface area contributed by atoms with Gasteiger partial charge in [0, 0.05) is 29.9 Å². The van der Waals surface area contributed by atoms with E-state index >= 15 is 0 Å². The number of pyridine rings is 1. The van der Waals surface area contributed by atoms with Gasteiger partial charge < -0.3 is 5.32 Å². The number of nitrogens with zero attached hydrogens (tertiary/aromatic N) is 3. The van der Waals surface area contributed by atoms with Gasteiger partial charge in [0.15, 0.2) is 0 Å². The predicted octanol–water partition coefficient (Wildman–Crippen LogP) is 3.58. The molecule has 6 heteroatoms. The van der Waals surface area contributed by atoms with Crippen LogP contribution in [0.1, 0.15) is 23.7 Å². The van der Waals surface area contributed by atoms with Gasteiger partial charge in [-0.2, -0.15) is 5.10 Å². The Morgan fingerprint density at radius 3 is 2.50 bits per heavy atom. The maximum absolute atomic E-state index is 12.9. The minimum Gasteiger partial charge on any atom is -0.324 e. The molecular weight excluding hydrogens is 376 g/mol. The van der Waals surface area contributed by atoms with Crippen LogP contribution >= 0.6 is 0 Å². The van der Waals surface area contributed by atoms with Crippen LogP contribution in [-0.4, -0.2) is 20.7 Å². The Morgan fingerprint density at radius 1 is 0.967 bits per heavy atom. The minimum atomic E-state index is -0.289. The van der Waals surface area contributed by atoms with Crippen LogP contribution in [0.4, 0.5) is 5.69 Å². The standard InChI is InChI=1S/C24H22N4O2/c1-2-17-6-5-7-19(14-17)26-23(29)16-28-24(30)21-9-4-3-8-20(21)22(27-28)15-18-10-12-25-13-11-18/h3-14H,2,15-16H2,1H3,(H,26,29). The van der Waals surface area contributed by atoms with Gasteiger partial charge in [-0.1, -0.05) is 37.3 Å². The Hall–Kier alpha value is -3.80. The fourth-order valence-corrected chi connectivity index (χ4v) is 3.44. The van der Waals surface area contributed by atoms with Gasteiger partial charge in [0.05, 0.1) is 11.1 Å². The van der Waals surface area contributed by atoms with Crippen molar-refractivity contribution in [2.75, 3.05) is 5.32 Å². The molecular formula is C24H22N4O2. The first kappa shape index (κ1) is 19.5. The average molecular weight is 398 g/mol. The van der Waals surface area contributed by atoms with Crippen LogP contribution in [0.3, 0.4) is 0 Å². The predicted molar refractivity (Wildman–Crippen MR) is 117 cm³/mol. The second-order valence-corrected chi connectivity index (χ2v) is 7.09. The lowest BCUT2D eigenvalue weighted by atomic mass is 10.1. The lowest BCUT2D eigenvalue weighted by Crippen LogP contribution is -2.30. The highest BCUT2D eigenvalue weighted by Gasteiger charge is 2.13. The molecule has 0 fully saturated rings. The molecule has 1 amide bonds. The molecule has 2 aromatic carbocycles. The van der Waals surface area contributed by atoms with E-state index in [-0.39, 0.29) is 18.0 Å². The first-order valence-electron chi connectivity index (χ1n) is 9.90. The Morgan fingerprint density at radius 2 is 1.73 bits per heavy atom. The maximum atomic E-state index is 12.9. The van der Waals surface area contributed by atoms with Crippen molar-refractivity contribution < 1.29 is 4.79 Å². The minimum absolute atomic E-state index is 0.149. The SMILES string of the molecule is CCc1cccc(NC(=O)Cn2nc(Cc3ccncc3)c3ccccc3c2=O)c1. The number of carbonyl (C=O) groups is 1. The monoisotopic (exact) mass is 398 g/mol. The van der Waals surface area contributed by atoms with Crippen molar-refractivity contribution in [3.8, 4) is 0 Å². The van der Waals surface area contributed by atoms with Crippen molar-refractivity contribution in [3.63, 3.8) is 0 Å². The van der Waals surface area contributed by atoms with Crippen molar-refractivity contribution >= 4 is 22.4 Å². The molecule has 2 aromatic heterocycles. The van der Waals surface area contributed by atoms with Gasteiger partial charge in [0.1, 0.15) is 6.54 Å². The number of hydrogen-bond acceptors (Lipinski definition) is 4. The molecule has 150 valence electrons. The summed E-state index contributed by atoms with van der Waals surface area (Å²) in [5.41, 5.74) is 3.35. The van der Waals surface area contributed by atoms with E-state index in [9.17, 15) is 9.59 Å². The summed E-state index contributed by atoms with van der Waals surface area (Å²) in [6, 6.07) is 18.9. The van der Waals surface area contributed by atoms with E-state index in [0.29, 0.717) is 17.5 Å². The van der Waals surface area contributed by atoms with Gasteiger partial charge in [-0.05, 0) is 47.9 Å². The first-order chi connectivity index (χ1) is 14.6. The van der Waals surface area contributed by atoms with Crippen LogP contribution in [0.5, 0.6) is 0 Å². The summed E-state index contributed by atoms with van der Waals surface area (Å²) in [4.78, 5) is 29.6. The lowest BCUT2D eigenvalue weighted by Gasteiger charge is -2.12. The zero-order chi connectivity index (χ0) is 20.9. The van der Waals surface area contributed by atoms with E-state index in [2.05, 4.69) is 22.3 Å². The Kier molecular flexibility index (Phi) is 5.66. The maximum Gasteiger partial charge on any atom is 0.275 e. The fourth-order valence-electron chi connectivity index (χ4n) is 3.44. The van der Waals surface area contributed by atoms with Crippen LogP contribution in [0.15, 0.2) is 77.9 Å². The zero-order valence-electron chi connectivity index (χ0n) is 16.7. The summed E-state index contributed by atoms with van der Waals surface area (Å²) in [7, 11) is 0. The molecule has 0 aliphatic carbocycles. The molecule has 1 N–H and O–H groups in total. The molecule has 0 aliphatic rings. The smallest absolute Gasteiger partial charge is 0.275 e. The molecule has 0 aliphatic heterocycles. The van der Waals surface area contributed by atoms with Gasteiger partial charge in [0.25, 0.3) is 5.56 Å². The molecule has 30 heavy (non-hydrogen) atoms. The summed E-state index contributed by atoms with van der Waals surface area (Å²) in [5, 5.41) is 8.75. The van der Waals surface area contributed by atoms with E-state index in [1.807, 2.05) is 54.6 Å². The molecule has 4 aromatic rings. The lowest BCUT2D eigenvalue weighted by molar-refractivity contribution is -0.117. The van der Waals surface area contributed by atoms with Gasteiger partial charge in [-0.3, -0.25) is 14.6 Å². The number of anilines is 1. The average Bonchev–Trinajstić information content (AvgIpc) is 2.78. The number of nitrogens with one attached hydrogen (secondary N) is 1. The Bertz CT molecular complexity index is 1250. The molecule has 0 radical (unpaired) electrons. The largest absolute Gasteiger partial charge is 0.324 e. The van der Waals surface area contributed by atoms with Crippen LogP contribution in [0, 0.1) is 0 Å². The molecule has 0 spiro atoms. The first-order valence-corrected chi connectivity index (χ1v) is 9.90. The Balaban J connectivity index is 1.65. The van der Waals surface area contributed by atoms with E-state index in [4.69, 9.17) is 0 Å². The summed E-state index contributed by atoms with van der Waals surface area (Å²) >= 11 is 0. The van der Waals surface area contributed by atoms with Gasteiger partial charge in [0.2, 0.25) is 5.91 Å². The molecule has 4 rings (SSSR count). The fraction of sp³-hybridized carbons (Fsp3) is 0.167. The van der Waals surface area contributed by atoms with Crippen LogP contribution in [-0.2, 0) is 24.2 Å². The third-order valence-corrected chi connectivity index (χ3v) is 4.98.